The molecule has 8 heteroatoms. The molecule has 0 radical (unpaired) electrons. The first-order valence-corrected chi connectivity index (χ1v) is 11.3. The highest BCUT2D eigenvalue weighted by atomic mass is 32.1. The van der Waals surface area contributed by atoms with E-state index < -0.39 is 0 Å². The molecule has 0 amide bonds. The predicted molar refractivity (Wildman–Crippen MR) is 122 cm³/mol. The summed E-state index contributed by atoms with van der Waals surface area (Å²) in [6.07, 6.45) is 7.64. The molecule has 1 fully saturated rings. The lowest BCUT2D eigenvalue weighted by atomic mass is 10.0. The second kappa shape index (κ2) is 8.30. The van der Waals surface area contributed by atoms with Crippen LogP contribution in [0.25, 0.3) is 27.5 Å². The van der Waals surface area contributed by atoms with Crippen LogP contribution < -0.4 is 10.6 Å². The van der Waals surface area contributed by atoms with Crippen molar-refractivity contribution in [1.82, 2.24) is 30.2 Å². The van der Waals surface area contributed by atoms with Crippen molar-refractivity contribution in [2.24, 2.45) is 0 Å². The first-order chi connectivity index (χ1) is 15.1. The van der Waals surface area contributed by atoms with Gasteiger partial charge in [0.25, 0.3) is 0 Å². The van der Waals surface area contributed by atoms with Gasteiger partial charge in [0.2, 0.25) is 0 Å². The number of fused-ring (bicyclic) bond motifs is 1. The average molecular weight is 433 g/mol. The average Bonchev–Trinajstić information content (AvgIpc) is 3.54. The van der Waals surface area contributed by atoms with E-state index in [1.807, 2.05) is 35.8 Å². The molecule has 4 aromatic heterocycles. The van der Waals surface area contributed by atoms with Crippen LogP contribution in [-0.2, 0) is 0 Å². The number of carbonyl (C=O) groups excluding carboxylic acids is 1. The third kappa shape index (κ3) is 4.14. The van der Waals surface area contributed by atoms with Crippen molar-refractivity contribution in [2.75, 3.05) is 19.6 Å². The number of nitrogens with zero attached hydrogens (tertiary/aromatic N) is 4. The molecule has 31 heavy (non-hydrogen) atoms. The Kier molecular flexibility index (Phi) is 5.35. The smallest absolute Gasteiger partial charge is 0.176 e. The van der Waals surface area contributed by atoms with Gasteiger partial charge >= 0.3 is 0 Å². The number of hydrogen-bond acceptors (Lipinski definition) is 7. The minimum absolute atomic E-state index is 0.0500. The molecular weight excluding hydrogens is 408 g/mol. The third-order valence-corrected chi connectivity index (χ3v) is 6.65. The van der Waals surface area contributed by atoms with Gasteiger partial charge in [0.15, 0.2) is 11.4 Å². The molecule has 0 aromatic carbocycles. The van der Waals surface area contributed by atoms with E-state index in [2.05, 4.69) is 27.6 Å². The highest BCUT2D eigenvalue weighted by Crippen LogP contribution is 2.27. The van der Waals surface area contributed by atoms with Gasteiger partial charge in [0.05, 0.1) is 34.6 Å². The van der Waals surface area contributed by atoms with Crippen LogP contribution in [0.15, 0.2) is 54.3 Å². The first-order valence-electron chi connectivity index (χ1n) is 10.4. The summed E-state index contributed by atoms with van der Waals surface area (Å²) < 4.78 is 1.74. The topological polar surface area (TPSA) is 84.2 Å². The number of hydrogen-bond donors (Lipinski definition) is 2. The van der Waals surface area contributed by atoms with Crippen LogP contribution in [0.3, 0.4) is 0 Å². The number of nitrogens with one attached hydrogen (secondary N) is 2. The minimum atomic E-state index is 0.0500. The van der Waals surface area contributed by atoms with Crippen LogP contribution >= 0.6 is 11.3 Å². The Hall–Kier alpha value is -2.94. The van der Waals surface area contributed by atoms with Gasteiger partial charge in [-0.15, -0.1) is 11.3 Å². The quantitative estimate of drug-likeness (QED) is 0.435. The van der Waals surface area contributed by atoms with Gasteiger partial charge in [-0.05, 0) is 56.0 Å². The van der Waals surface area contributed by atoms with E-state index in [-0.39, 0.29) is 11.3 Å². The molecule has 1 aliphatic heterocycles. The van der Waals surface area contributed by atoms with Gasteiger partial charge in [-0.1, -0.05) is 6.07 Å². The van der Waals surface area contributed by atoms with Crippen LogP contribution in [0.1, 0.15) is 30.1 Å². The van der Waals surface area contributed by atoms with E-state index in [1.54, 1.807) is 34.3 Å². The van der Waals surface area contributed by atoms with Gasteiger partial charge in [-0.25, -0.2) is 9.50 Å². The monoisotopic (exact) mass is 432 g/mol. The molecule has 5 heterocycles. The highest BCUT2D eigenvalue weighted by Gasteiger charge is 2.27. The Morgan fingerprint density at radius 1 is 1.32 bits per heavy atom. The lowest BCUT2D eigenvalue weighted by molar-refractivity contribution is 0.0989. The summed E-state index contributed by atoms with van der Waals surface area (Å²) in [4.78, 5) is 23.2. The van der Waals surface area contributed by atoms with E-state index >= 15 is 0 Å². The molecule has 5 rings (SSSR count). The molecule has 4 aromatic rings. The fourth-order valence-corrected chi connectivity index (χ4v) is 4.72. The van der Waals surface area contributed by atoms with Crippen LogP contribution in [0.5, 0.6) is 0 Å². The Morgan fingerprint density at radius 3 is 3.06 bits per heavy atom. The van der Waals surface area contributed by atoms with Crippen LogP contribution in [0, 0.1) is 0 Å². The molecule has 0 spiro atoms. The number of aromatic nitrogens is 4. The van der Waals surface area contributed by atoms with Crippen LogP contribution in [-0.4, -0.2) is 50.5 Å². The van der Waals surface area contributed by atoms with Crippen LogP contribution in [0.4, 0.5) is 0 Å². The molecular formula is C23H24N6OS. The summed E-state index contributed by atoms with van der Waals surface area (Å²) in [6, 6.07) is 9.60. The van der Waals surface area contributed by atoms with E-state index in [9.17, 15) is 4.79 Å². The summed E-state index contributed by atoms with van der Waals surface area (Å²) in [7, 11) is 0. The number of pyridine rings is 1. The summed E-state index contributed by atoms with van der Waals surface area (Å²) in [5.74, 6) is 0.0500. The molecule has 1 aliphatic rings. The Morgan fingerprint density at radius 2 is 2.26 bits per heavy atom. The number of Topliss-reactive ketones (excluding diaryl/α,β-unsaturated/α-hetero) is 1. The summed E-state index contributed by atoms with van der Waals surface area (Å²) in [6.45, 7) is 4.32. The van der Waals surface area contributed by atoms with E-state index in [0.717, 1.165) is 41.3 Å². The van der Waals surface area contributed by atoms with Crippen molar-refractivity contribution in [1.29, 1.82) is 0 Å². The molecule has 1 atom stereocenters. The Balaban J connectivity index is 1.36. The SMILES string of the molecule is C[C@@]1(CNCC(=O)c2ccnc(-c3cnn4ccc(-c5cccs5)nc34)c2)CCCN1. The zero-order chi connectivity index (χ0) is 21.3. The molecule has 7 nitrogen and oxygen atoms in total. The number of rotatable bonds is 7. The molecule has 0 saturated carbocycles. The van der Waals surface area contributed by atoms with Gasteiger partial charge in [0, 0.05) is 30.0 Å². The van der Waals surface area contributed by atoms with E-state index in [4.69, 9.17) is 4.98 Å². The minimum Gasteiger partial charge on any atom is -0.310 e. The van der Waals surface area contributed by atoms with Crippen molar-refractivity contribution < 1.29 is 4.79 Å². The highest BCUT2D eigenvalue weighted by molar-refractivity contribution is 7.13. The van der Waals surface area contributed by atoms with Gasteiger partial charge < -0.3 is 10.6 Å². The molecule has 0 aliphatic carbocycles. The zero-order valence-electron chi connectivity index (χ0n) is 17.3. The molecule has 158 valence electrons. The molecule has 1 saturated heterocycles. The number of thiophene rings is 1. The molecule has 0 bridgehead atoms. The van der Waals surface area contributed by atoms with Crippen molar-refractivity contribution in [3.63, 3.8) is 0 Å². The van der Waals surface area contributed by atoms with Crippen molar-refractivity contribution in [3.8, 4) is 21.8 Å². The fraction of sp³-hybridized carbons (Fsp3) is 0.304. The second-order valence-electron chi connectivity index (χ2n) is 8.16. The van der Waals surface area contributed by atoms with Crippen molar-refractivity contribution in [2.45, 2.75) is 25.3 Å². The Bertz CT molecular complexity index is 1210. The molecule has 2 N–H and O–H groups in total. The maximum absolute atomic E-state index is 12.8. The Labute approximate surface area is 184 Å². The van der Waals surface area contributed by atoms with Crippen molar-refractivity contribution in [3.05, 3.63) is 59.9 Å². The van der Waals surface area contributed by atoms with Gasteiger partial charge in [-0.2, -0.15) is 5.10 Å². The zero-order valence-corrected chi connectivity index (χ0v) is 18.2. The van der Waals surface area contributed by atoms with Gasteiger partial charge in [-0.3, -0.25) is 9.78 Å². The van der Waals surface area contributed by atoms with Gasteiger partial charge in [0.1, 0.15) is 0 Å². The standard InChI is InChI=1S/C23H24N6OS/c1-23(7-3-8-26-23)15-24-14-20(30)16-5-9-25-19(12-16)17-13-27-29-10-6-18(28-22(17)29)21-4-2-11-31-21/h2,4-6,9-13,24,26H,3,7-8,14-15H2,1H3/t23-/m0/s1. The second-order valence-corrected chi connectivity index (χ2v) is 9.11. The normalized spacial score (nSPS) is 18.6. The maximum atomic E-state index is 12.8. The summed E-state index contributed by atoms with van der Waals surface area (Å²) >= 11 is 1.65. The lowest BCUT2D eigenvalue weighted by Crippen LogP contribution is -2.46. The number of carbonyl (C=O) groups is 1. The summed E-state index contributed by atoms with van der Waals surface area (Å²) in [5, 5.41) is 13.3. The van der Waals surface area contributed by atoms with Crippen molar-refractivity contribution >= 4 is 22.8 Å². The van der Waals surface area contributed by atoms with E-state index in [0.29, 0.717) is 17.8 Å². The maximum Gasteiger partial charge on any atom is 0.176 e. The third-order valence-electron chi connectivity index (χ3n) is 5.76. The summed E-state index contributed by atoms with van der Waals surface area (Å²) in [5.41, 5.74) is 3.84. The van der Waals surface area contributed by atoms with Crippen LogP contribution in [0.2, 0.25) is 0 Å². The molecule has 0 unspecified atom stereocenters. The van der Waals surface area contributed by atoms with E-state index in [1.165, 1.54) is 6.42 Å². The number of ketones is 1. The fourth-order valence-electron chi connectivity index (χ4n) is 4.02. The lowest BCUT2D eigenvalue weighted by Gasteiger charge is -2.24. The largest absolute Gasteiger partial charge is 0.310 e. The predicted octanol–water partition coefficient (Wildman–Crippen LogP) is 3.43. The first kappa shape index (κ1) is 20.0.